The van der Waals surface area contributed by atoms with Crippen LogP contribution in [0, 0.1) is 0 Å². The Bertz CT molecular complexity index is 1530. The normalized spacial score (nSPS) is 19.7. The van der Waals surface area contributed by atoms with E-state index >= 15 is 0 Å². The smallest absolute Gasteiger partial charge is 0.270 e. The lowest BCUT2D eigenvalue weighted by Crippen LogP contribution is -2.42. The topological polar surface area (TPSA) is 97.1 Å². The molecule has 2 amide bonds. The van der Waals surface area contributed by atoms with Crippen LogP contribution >= 0.6 is 0 Å². The van der Waals surface area contributed by atoms with E-state index in [1.165, 1.54) is 12.8 Å². The van der Waals surface area contributed by atoms with Gasteiger partial charge < -0.3 is 25.1 Å². The zero-order valence-corrected chi connectivity index (χ0v) is 21.4. The van der Waals surface area contributed by atoms with E-state index < -0.39 is 0 Å². The van der Waals surface area contributed by atoms with Gasteiger partial charge in [0.1, 0.15) is 5.69 Å². The summed E-state index contributed by atoms with van der Waals surface area (Å²) in [7, 11) is 0. The van der Waals surface area contributed by atoms with Crippen LogP contribution in [0.1, 0.15) is 52.2 Å². The number of H-pyrrole nitrogens is 2. The third-order valence-electron chi connectivity index (χ3n) is 8.33. The maximum Gasteiger partial charge on any atom is 0.270 e. The van der Waals surface area contributed by atoms with Crippen molar-refractivity contribution in [1.29, 1.82) is 0 Å². The van der Waals surface area contributed by atoms with E-state index in [2.05, 4.69) is 36.1 Å². The first-order valence-electron chi connectivity index (χ1n) is 13.8. The molecule has 3 aliphatic heterocycles. The molecular formula is C30H32N6O2. The first kappa shape index (κ1) is 23.2. The van der Waals surface area contributed by atoms with Gasteiger partial charge in [0.2, 0.25) is 0 Å². The van der Waals surface area contributed by atoms with Crippen molar-refractivity contribution in [3.05, 3.63) is 65.6 Å². The maximum atomic E-state index is 13.5. The van der Waals surface area contributed by atoms with Gasteiger partial charge >= 0.3 is 0 Å². The second-order valence-corrected chi connectivity index (χ2v) is 10.8. The molecule has 3 aliphatic rings. The van der Waals surface area contributed by atoms with Crippen LogP contribution in [0.25, 0.3) is 33.4 Å². The maximum absolute atomic E-state index is 13.5. The van der Waals surface area contributed by atoms with Gasteiger partial charge in [-0.1, -0.05) is 6.07 Å². The van der Waals surface area contributed by atoms with E-state index in [1.807, 2.05) is 36.4 Å². The summed E-state index contributed by atoms with van der Waals surface area (Å²) in [6.07, 6.45) is 7.31. The molecule has 0 radical (unpaired) electrons. The van der Waals surface area contributed by atoms with Gasteiger partial charge in [0.05, 0.1) is 11.3 Å². The molecule has 1 aromatic carbocycles. The minimum Gasteiger partial charge on any atom is -0.358 e. The van der Waals surface area contributed by atoms with Crippen molar-refractivity contribution < 1.29 is 9.59 Å². The molecule has 3 aromatic heterocycles. The fourth-order valence-electron chi connectivity index (χ4n) is 6.32. The van der Waals surface area contributed by atoms with E-state index in [0.717, 1.165) is 90.1 Å². The van der Waals surface area contributed by atoms with E-state index in [0.29, 0.717) is 18.3 Å². The summed E-state index contributed by atoms with van der Waals surface area (Å²) in [4.78, 5) is 41.7. The predicted octanol–water partition coefficient (Wildman–Crippen LogP) is 4.21. The Morgan fingerprint density at radius 1 is 0.974 bits per heavy atom. The monoisotopic (exact) mass is 508 g/mol. The SMILES string of the molecule is O=C1NCCc2[nH]c(-c3ccnc(-c4ccc5[nH]c(C(=O)N6CCC[C@@H]6CN6CCCC6)cc5c4)c3)cc21. The van der Waals surface area contributed by atoms with Gasteiger partial charge in [-0.05, 0) is 75.2 Å². The van der Waals surface area contributed by atoms with E-state index in [-0.39, 0.29) is 11.8 Å². The number of pyridine rings is 1. The number of aromatic amines is 2. The summed E-state index contributed by atoms with van der Waals surface area (Å²) in [6, 6.07) is 14.4. The van der Waals surface area contributed by atoms with Crippen LogP contribution in [0.2, 0.25) is 0 Å². The lowest BCUT2D eigenvalue weighted by molar-refractivity contribution is 0.0703. The van der Waals surface area contributed by atoms with Crippen LogP contribution in [0.15, 0.2) is 48.7 Å². The number of aromatic nitrogens is 3. The average molecular weight is 509 g/mol. The number of carbonyl (C=O) groups excluding carboxylic acids is 2. The van der Waals surface area contributed by atoms with Gasteiger partial charge in [-0.3, -0.25) is 14.6 Å². The summed E-state index contributed by atoms with van der Waals surface area (Å²) < 4.78 is 0. The van der Waals surface area contributed by atoms with Gasteiger partial charge in [0, 0.05) is 71.7 Å². The molecule has 0 spiro atoms. The molecule has 2 saturated heterocycles. The number of hydrogen-bond donors (Lipinski definition) is 3. The number of hydrogen-bond acceptors (Lipinski definition) is 4. The molecule has 4 aromatic rings. The van der Waals surface area contributed by atoms with Gasteiger partial charge in [-0.2, -0.15) is 0 Å². The fraction of sp³-hybridized carbons (Fsp3) is 0.367. The molecular weight excluding hydrogens is 476 g/mol. The van der Waals surface area contributed by atoms with Crippen molar-refractivity contribution in [2.24, 2.45) is 0 Å². The molecule has 2 fully saturated rings. The predicted molar refractivity (Wildman–Crippen MR) is 147 cm³/mol. The third kappa shape index (κ3) is 4.19. The number of benzene rings is 1. The number of fused-ring (bicyclic) bond motifs is 2. The lowest BCUT2D eigenvalue weighted by atomic mass is 10.1. The van der Waals surface area contributed by atoms with Crippen LogP contribution < -0.4 is 5.32 Å². The van der Waals surface area contributed by atoms with Crippen molar-refractivity contribution in [2.45, 2.75) is 38.1 Å². The van der Waals surface area contributed by atoms with Gasteiger partial charge in [0.25, 0.3) is 11.8 Å². The zero-order valence-electron chi connectivity index (χ0n) is 21.4. The Morgan fingerprint density at radius 2 is 1.87 bits per heavy atom. The molecule has 1 atom stereocenters. The molecule has 0 aliphatic carbocycles. The van der Waals surface area contributed by atoms with Gasteiger partial charge in [-0.15, -0.1) is 0 Å². The highest BCUT2D eigenvalue weighted by Gasteiger charge is 2.32. The average Bonchev–Trinajstić information content (AvgIpc) is 3.75. The Balaban J connectivity index is 1.14. The molecule has 8 heteroatoms. The van der Waals surface area contributed by atoms with E-state index in [9.17, 15) is 9.59 Å². The summed E-state index contributed by atoms with van der Waals surface area (Å²) in [6.45, 7) is 4.80. The fourth-order valence-corrected chi connectivity index (χ4v) is 6.32. The Morgan fingerprint density at radius 3 is 2.74 bits per heavy atom. The number of rotatable bonds is 5. The molecule has 6 heterocycles. The second kappa shape index (κ2) is 9.44. The Kier molecular flexibility index (Phi) is 5.77. The molecule has 3 N–H and O–H groups in total. The highest BCUT2D eigenvalue weighted by molar-refractivity contribution is 5.99. The molecule has 0 bridgehead atoms. The number of likely N-dealkylation sites (tertiary alicyclic amines) is 2. The van der Waals surface area contributed by atoms with Crippen LogP contribution in [-0.2, 0) is 6.42 Å². The number of nitrogens with one attached hydrogen (secondary N) is 3. The van der Waals surface area contributed by atoms with Crippen molar-refractivity contribution in [1.82, 2.24) is 30.1 Å². The first-order valence-corrected chi connectivity index (χ1v) is 13.8. The minimum absolute atomic E-state index is 0.0254. The molecule has 0 unspecified atom stereocenters. The third-order valence-corrected chi connectivity index (χ3v) is 8.33. The van der Waals surface area contributed by atoms with Gasteiger partial charge in [0.15, 0.2) is 0 Å². The number of amides is 2. The number of carbonyl (C=O) groups is 2. The van der Waals surface area contributed by atoms with Crippen molar-refractivity contribution in [3.8, 4) is 22.5 Å². The summed E-state index contributed by atoms with van der Waals surface area (Å²) in [5, 5.41) is 3.90. The van der Waals surface area contributed by atoms with Crippen LogP contribution in [-0.4, -0.2) is 75.3 Å². The molecule has 194 valence electrons. The Hall–Kier alpha value is -3.91. The zero-order chi connectivity index (χ0) is 25.6. The van der Waals surface area contributed by atoms with Crippen molar-refractivity contribution in [3.63, 3.8) is 0 Å². The first-order chi connectivity index (χ1) is 18.6. The number of nitrogens with zero attached hydrogens (tertiary/aromatic N) is 3. The summed E-state index contributed by atoms with van der Waals surface area (Å²) >= 11 is 0. The van der Waals surface area contributed by atoms with Crippen LogP contribution in [0.4, 0.5) is 0 Å². The highest BCUT2D eigenvalue weighted by atomic mass is 16.2. The molecule has 7 rings (SSSR count). The molecule has 38 heavy (non-hydrogen) atoms. The standard InChI is InChI=1S/C30H32N6O2/c37-29-23-17-27(34-25(23)8-10-32-29)20-7-9-31-26(15-20)19-5-6-24-21(14-19)16-28(33-24)30(38)36-13-3-4-22(36)18-35-11-1-2-12-35/h5-7,9,14-17,22,33-34H,1-4,8,10-13,18H2,(H,32,37)/t22-/m1/s1. The summed E-state index contributed by atoms with van der Waals surface area (Å²) in [5.74, 6) is 0.0758. The van der Waals surface area contributed by atoms with Crippen molar-refractivity contribution in [2.75, 3.05) is 32.7 Å². The summed E-state index contributed by atoms with van der Waals surface area (Å²) in [5.41, 5.74) is 7.04. The largest absolute Gasteiger partial charge is 0.358 e. The quantitative estimate of drug-likeness (QED) is 0.376. The highest BCUT2D eigenvalue weighted by Crippen LogP contribution is 2.30. The van der Waals surface area contributed by atoms with Crippen LogP contribution in [0.5, 0.6) is 0 Å². The van der Waals surface area contributed by atoms with Crippen LogP contribution in [0.3, 0.4) is 0 Å². The Labute approximate surface area is 221 Å². The second-order valence-electron chi connectivity index (χ2n) is 10.8. The van der Waals surface area contributed by atoms with Gasteiger partial charge in [-0.25, -0.2) is 0 Å². The molecule has 8 nitrogen and oxygen atoms in total. The van der Waals surface area contributed by atoms with E-state index in [1.54, 1.807) is 6.20 Å². The van der Waals surface area contributed by atoms with Crippen molar-refractivity contribution >= 4 is 22.7 Å². The van der Waals surface area contributed by atoms with E-state index in [4.69, 9.17) is 0 Å². The lowest BCUT2D eigenvalue weighted by Gasteiger charge is -2.28. The minimum atomic E-state index is -0.0254. The molecule has 0 saturated carbocycles.